The minimum Gasteiger partial charge on any atom is -0.448 e. The van der Waals surface area contributed by atoms with Crippen molar-refractivity contribution in [3.8, 4) is 0 Å². The van der Waals surface area contributed by atoms with Crippen LogP contribution in [0.5, 0.6) is 0 Å². The zero-order valence-corrected chi connectivity index (χ0v) is 12.8. The van der Waals surface area contributed by atoms with Crippen LogP contribution in [0.25, 0.3) is 0 Å². The fourth-order valence-corrected chi connectivity index (χ4v) is 4.11. The Morgan fingerprint density at radius 2 is 1.90 bits per heavy atom. The van der Waals surface area contributed by atoms with Crippen molar-refractivity contribution in [1.82, 2.24) is 9.80 Å². The van der Waals surface area contributed by atoms with E-state index in [1.807, 2.05) is 0 Å². The molecular formula is C16H26N2O3. The van der Waals surface area contributed by atoms with Gasteiger partial charge in [0.2, 0.25) is 5.91 Å². The highest BCUT2D eigenvalue weighted by molar-refractivity contribution is 5.78. The van der Waals surface area contributed by atoms with Gasteiger partial charge in [0.05, 0.1) is 6.54 Å². The zero-order valence-electron chi connectivity index (χ0n) is 12.8. The van der Waals surface area contributed by atoms with E-state index in [0.717, 1.165) is 13.0 Å². The number of carbonyl (C=O) groups is 2. The van der Waals surface area contributed by atoms with Gasteiger partial charge in [0.1, 0.15) is 6.61 Å². The standard InChI is InChI=1S/C16H26N2O3/c19-15(8-10-17-11-12-21-16(17)20)18-9-4-7-14(18)13-5-2-1-3-6-13/h13-14H,1-12H2. The monoisotopic (exact) mass is 294 g/mol. The summed E-state index contributed by atoms with van der Waals surface area (Å²) >= 11 is 0. The number of rotatable bonds is 4. The summed E-state index contributed by atoms with van der Waals surface area (Å²) in [6, 6.07) is 0.461. The second-order valence-corrected chi connectivity index (χ2v) is 6.55. The number of nitrogens with zero attached hydrogens (tertiary/aromatic N) is 2. The molecule has 1 unspecified atom stereocenters. The molecule has 21 heavy (non-hydrogen) atoms. The molecule has 0 radical (unpaired) electrons. The fourth-order valence-electron chi connectivity index (χ4n) is 4.11. The van der Waals surface area contributed by atoms with Crippen LogP contribution in [0, 0.1) is 5.92 Å². The molecule has 0 N–H and O–H groups in total. The summed E-state index contributed by atoms with van der Waals surface area (Å²) in [5.74, 6) is 0.935. The van der Waals surface area contributed by atoms with Gasteiger partial charge in [0, 0.05) is 25.6 Å². The van der Waals surface area contributed by atoms with Gasteiger partial charge in [-0.05, 0) is 31.6 Å². The van der Waals surface area contributed by atoms with Crippen molar-refractivity contribution < 1.29 is 14.3 Å². The SMILES string of the molecule is O=C1OCCN1CCC(=O)N1CCCC1C1CCCCC1. The van der Waals surface area contributed by atoms with E-state index in [4.69, 9.17) is 4.74 Å². The lowest BCUT2D eigenvalue weighted by molar-refractivity contribution is -0.133. The zero-order chi connectivity index (χ0) is 14.7. The first-order valence-corrected chi connectivity index (χ1v) is 8.47. The van der Waals surface area contributed by atoms with Crippen molar-refractivity contribution in [2.24, 2.45) is 5.92 Å². The van der Waals surface area contributed by atoms with Crippen LogP contribution in [0.1, 0.15) is 51.4 Å². The number of cyclic esters (lactones) is 1. The van der Waals surface area contributed by atoms with Crippen LogP contribution in [0.3, 0.4) is 0 Å². The molecule has 2 aliphatic heterocycles. The Bertz CT molecular complexity index is 393. The lowest BCUT2D eigenvalue weighted by Gasteiger charge is -2.34. The molecule has 1 atom stereocenters. The van der Waals surface area contributed by atoms with Crippen molar-refractivity contribution in [3.63, 3.8) is 0 Å². The molecular weight excluding hydrogens is 268 g/mol. The first-order valence-electron chi connectivity index (χ1n) is 8.47. The maximum atomic E-state index is 12.5. The Labute approximate surface area is 126 Å². The van der Waals surface area contributed by atoms with Crippen LogP contribution in [0.4, 0.5) is 4.79 Å². The predicted octanol–water partition coefficient (Wildman–Crippen LogP) is 2.40. The molecule has 1 saturated carbocycles. The van der Waals surface area contributed by atoms with Crippen molar-refractivity contribution in [2.75, 3.05) is 26.2 Å². The molecule has 2 saturated heterocycles. The van der Waals surface area contributed by atoms with E-state index in [9.17, 15) is 9.59 Å². The number of hydrogen-bond acceptors (Lipinski definition) is 3. The normalized spacial score (nSPS) is 27.2. The fraction of sp³-hybridized carbons (Fsp3) is 0.875. The molecule has 0 aromatic heterocycles. The van der Waals surface area contributed by atoms with Gasteiger partial charge < -0.3 is 14.5 Å². The summed E-state index contributed by atoms with van der Waals surface area (Å²) in [6.45, 7) is 2.50. The highest BCUT2D eigenvalue weighted by Crippen LogP contribution is 2.34. The molecule has 3 fully saturated rings. The Balaban J connectivity index is 1.51. The van der Waals surface area contributed by atoms with E-state index in [1.165, 1.54) is 38.5 Å². The largest absolute Gasteiger partial charge is 0.448 e. The van der Waals surface area contributed by atoms with Crippen LogP contribution in [-0.4, -0.2) is 54.1 Å². The Hall–Kier alpha value is -1.26. The van der Waals surface area contributed by atoms with Crippen LogP contribution in [0.2, 0.25) is 0 Å². The minimum atomic E-state index is -0.270. The third-order valence-corrected chi connectivity index (χ3v) is 5.25. The number of amides is 2. The van der Waals surface area contributed by atoms with Gasteiger partial charge in [-0.2, -0.15) is 0 Å². The average molecular weight is 294 g/mol. The molecule has 5 nitrogen and oxygen atoms in total. The van der Waals surface area contributed by atoms with Crippen LogP contribution >= 0.6 is 0 Å². The molecule has 1 aliphatic carbocycles. The molecule has 3 aliphatic rings. The molecule has 2 heterocycles. The van der Waals surface area contributed by atoms with Crippen molar-refractivity contribution in [2.45, 2.75) is 57.4 Å². The first-order chi connectivity index (χ1) is 10.3. The molecule has 118 valence electrons. The first kappa shape index (κ1) is 14.7. The quantitative estimate of drug-likeness (QED) is 0.800. The Kier molecular flexibility index (Phi) is 4.66. The van der Waals surface area contributed by atoms with E-state index in [2.05, 4.69) is 4.90 Å². The molecule has 2 amide bonds. The number of hydrogen-bond donors (Lipinski definition) is 0. The van der Waals surface area contributed by atoms with Gasteiger partial charge in [0.25, 0.3) is 0 Å². The molecule has 0 aromatic rings. The number of ether oxygens (including phenoxy) is 1. The van der Waals surface area contributed by atoms with Gasteiger partial charge in [-0.3, -0.25) is 4.79 Å². The van der Waals surface area contributed by atoms with E-state index < -0.39 is 0 Å². The van der Waals surface area contributed by atoms with E-state index in [0.29, 0.717) is 38.1 Å². The summed E-state index contributed by atoms with van der Waals surface area (Å²) in [7, 11) is 0. The summed E-state index contributed by atoms with van der Waals surface area (Å²) in [6.07, 6.45) is 9.05. The van der Waals surface area contributed by atoms with Crippen molar-refractivity contribution in [1.29, 1.82) is 0 Å². The molecule has 0 bridgehead atoms. The molecule has 5 heteroatoms. The lowest BCUT2D eigenvalue weighted by atomic mass is 9.83. The van der Waals surface area contributed by atoms with Gasteiger partial charge in [-0.15, -0.1) is 0 Å². The van der Waals surface area contributed by atoms with Crippen LogP contribution in [-0.2, 0) is 9.53 Å². The third kappa shape index (κ3) is 3.33. The minimum absolute atomic E-state index is 0.225. The van der Waals surface area contributed by atoms with Gasteiger partial charge in [-0.1, -0.05) is 19.3 Å². The number of likely N-dealkylation sites (tertiary alicyclic amines) is 1. The molecule has 0 aromatic carbocycles. The number of carbonyl (C=O) groups excluding carboxylic acids is 2. The topological polar surface area (TPSA) is 49.9 Å². The maximum absolute atomic E-state index is 12.5. The Morgan fingerprint density at radius 1 is 1.10 bits per heavy atom. The summed E-state index contributed by atoms with van der Waals surface area (Å²) in [4.78, 5) is 27.7. The van der Waals surface area contributed by atoms with Crippen LogP contribution in [0.15, 0.2) is 0 Å². The van der Waals surface area contributed by atoms with Gasteiger partial charge in [-0.25, -0.2) is 4.79 Å². The van der Waals surface area contributed by atoms with Gasteiger partial charge in [0.15, 0.2) is 0 Å². The lowest BCUT2D eigenvalue weighted by Crippen LogP contribution is -2.42. The predicted molar refractivity (Wildman–Crippen MR) is 78.8 cm³/mol. The second kappa shape index (κ2) is 6.67. The molecule has 0 spiro atoms. The van der Waals surface area contributed by atoms with Crippen molar-refractivity contribution >= 4 is 12.0 Å². The smallest absolute Gasteiger partial charge is 0.409 e. The summed E-state index contributed by atoms with van der Waals surface area (Å²) in [5.41, 5.74) is 0. The highest BCUT2D eigenvalue weighted by atomic mass is 16.6. The van der Waals surface area contributed by atoms with Crippen molar-refractivity contribution in [3.05, 3.63) is 0 Å². The highest BCUT2D eigenvalue weighted by Gasteiger charge is 2.35. The summed E-state index contributed by atoms with van der Waals surface area (Å²) in [5, 5.41) is 0. The average Bonchev–Trinajstić information content (AvgIpc) is 3.15. The van der Waals surface area contributed by atoms with Crippen LogP contribution < -0.4 is 0 Å². The van der Waals surface area contributed by atoms with E-state index >= 15 is 0 Å². The summed E-state index contributed by atoms with van der Waals surface area (Å²) < 4.78 is 4.90. The Morgan fingerprint density at radius 3 is 2.62 bits per heavy atom. The second-order valence-electron chi connectivity index (χ2n) is 6.55. The van der Waals surface area contributed by atoms with E-state index in [-0.39, 0.29) is 12.0 Å². The third-order valence-electron chi connectivity index (χ3n) is 5.25. The molecule has 3 rings (SSSR count). The van der Waals surface area contributed by atoms with E-state index in [1.54, 1.807) is 4.90 Å². The maximum Gasteiger partial charge on any atom is 0.409 e. The van der Waals surface area contributed by atoms with Gasteiger partial charge >= 0.3 is 6.09 Å².